The van der Waals surface area contributed by atoms with E-state index in [1.165, 1.54) is 128 Å². The molecule has 0 aliphatic carbocycles. The Kier molecular flexibility index (Phi) is 44.8. The van der Waals surface area contributed by atoms with E-state index in [0.717, 1.165) is 57.8 Å². The monoisotopic (exact) mass is 836 g/mol. The summed E-state index contributed by atoms with van der Waals surface area (Å²) in [5.41, 5.74) is 5.38. The Labute approximate surface area is 357 Å². The molecule has 9 heteroatoms. The van der Waals surface area contributed by atoms with Crippen molar-refractivity contribution in [1.29, 1.82) is 0 Å². The summed E-state index contributed by atoms with van der Waals surface area (Å²) >= 11 is 0. The van der Waals surface area contributed by atoms with Crippen molar-refractivity contribution in [3.63, 3.8) is 0 Å². The fourth-order valence-electron chi connectivity index (χ4n) is 6.45. The molecule has 0 aromatic carbocycles. The predicted molar refractivity (Wildman–Crippen MR) is 247 cm³/mol. The maximum atomic E-state index is 12.6. The fraction of sp³-hybridized carbons (Fsp3) is 0.776. The third-order valence-corrected chi connectivity index (χ3v) is 10.9. The van der Waals surface area contributed by atoms with Gasteiger partial charge in [0, 0.05) is 19.6 Å². The highest BCUT2D eigenvalue weighted by Gasteiger charge is 2.25. The normalized spacial score (nSPS) is 13.9. The maximum absolute atomic E-state index is 12.6. The highest BCUT2D eigenvalue weighted by atomic mass is 31.2. The Bertz CT molecular complexity index is 1070. The van der Waals surface area contributed by atoms with E-state index in [4.69, 9.17) is 24.3 Å². The molecule has 0 spiro atoms. The first-order valence-corrected chi connectivity index (χ1v) is 25.3. The molecule has 0 aliphatic heterocycles. The van der Waals surface area contributed by atoms with E-state index in [-0.39, 0.29) is 32.3 Å². The SMILES string of the molecule is CC/C=C\C/C=C\C/C=C\C/C=C\CCCCCCCCCCCCC(=O)OC(COCCCCCCCC/C=C\CCCCCCCC)COP(=O)(O)OCCN. The molecule has 0 bridgehead atoms. The van der Waals surface area contributed by atoms with Crippen LogP contribution in [0.1, 0.15) is 206 Å². The Balaban J connectivity index is 3.99. The number of phosphoric acid groups is 1. The van der Waals surface area contributed by atoms with Gasteiger partial charge < -0.3 is 20.1 Å². The minimum atomic E-state index is -4.28. The van der Waals surface area contributed by atoms with E-state index in [9.17, 15) is 14.3 Å². The summed E-state index contributed by atoms with van der Waals surface area (Å²) < 4.78 is 33.5. The third-order valence-electron chi connectivity index (χ3n) is 9.92. The molecule has 0 radical (unpaired) electrons. The first-order valence-electron chi connectivity index (χ1n) is 23.8. The van der Waals surface area contributed by atoms with Crippen molar-refractivity contribution < 1.29 is 32.8 Å². The highest BCUT2D eigenvalue weighted by molar-refractivity contribution is 7.47. The van der Waals surface area contributed by atoms with E-state index < -0.39 is 13.9 Å². The number of hydrogen-bond donors (Lipinski definition) is 2. The van der Waals surface area contributed by atoms with Crippen LogP contribution in [0.25, 0.3) is 0 Å². The van der Waals surface area contributed by atoms with Crippen LogP contribution in [0, 0.1) is 0 Å². The Hall–Kier alpha value is -1.80. The van der Waals surface area contributed by atoms with Crippen molar-refractivity contribution in [1.82, 2.24) is 0 Å². The van der Waals surface area contributed by atoms with Crippen molar-refractivity contribution in [3.8, 4) is 0 Å². The van der Waals surface area contributed by atoms with E-state index in [1.807, 2.05) is 0 Å². The maximum Gasteiger partial charge on any atom is 0.472 e. The minimum absolute atomic E-state index is 0.0968. The van der Waals surface area contributed by atoms with Gasteiger partial charge in [-0.3, -0.25) is 13.8 Å². The number of allylic oxidation sites excluding steroid dienone is 10. The molecule has 0 aromatic heterocycles. The molecule has 8 nitrogen and oxygen atoms in total. The number of rotatable bonds is 45. The van der Waals surface area contributed by atoms with Crippen LogP contribution in [-0.2, 0) is 27.9 Å². The first kappa shape index (κ1) is 56.2. The van der Waals surface area contributed by atoms with E-state index in [2.05, 4.69) is 74.6 Å². The van der Waals surface area contributed by atoms with Gasteiger partial charge in [0.15, 0.2) is 0 Å². The first-order chi connectivity index (χ1) is 28.4. The smallest absolute Gasteiger partial charge is 0.457 e. The predicted octanol–water partition coefficient (Wildman–Crippen LogP) is 14.5. The third kappa shape index (κ3) is 45.3. The Morgan fingerprint density at radius 2 is 0.966 bits per heavy atom. The zero-order valence-electron chi connectivity index (χ0n) is 37.5. The summed E-state index contributed by atoms with van der Waals surface area (Å²) in [6, 6.07) is 0. The number of unbranched alkanes of at least 4 members (excludes halogenated alkanes) is 22. The van der Waals surface area contributed by atoms with Crippen LogP contribution >= 0.6 is 7.82 Å². The van der Waals surface area contributed by atoms with Crippen LogP contribution in [0.2, 0.25) is 0 Å². The molecule has 0 amide bonds. The van der Waals surface area contributed by atoms with Gasteiger partial charge in [-0.15, -0.1) is 0 Å². The van der Waals surface area contributed by atoms with Gasteiger partial charge >= 0.3 is 13.8 Å². The van der Waals surface area contributed by atoms with Crippen molar-refractivity contribution >= 4 is 13.8 Å². The molecule has 0 rings (SSSR count). The van der Waals surface area contributed by atoms with Gasteiger partial charge in [0.1, 0.15) is 6.10 Å². The zero-order valence-corrected chi connectivity index (χ0v) is 38.4. The molecule has 0 heterocycles. The number of carbonyl (C=O) groups excluding carboxylic acids is 1. The number of hydrogen-bond acceptors (Lipinski definition) is 7. The van der Waals surface area contributed by atoms with E-state index >= 15 is 0 Å². The number of nitrogens with two attached hydrogens (primary N) is 1. The van der Waals surface area contributed by atoms with Crippen molar-refractivity contribution in [3.05, 3.63) is 60.8 Å². The summed E-state index contributed by atoms with van der Waals surface area (Å²) in [6.45, 7) is 4.80. The molecule has 0 aromatic rings. The van der Waals surface area contributed by atoms with Gasteiger partial charge in [-0.05, 0) is 77.0 Å². The second-order valence-corrected chi connectivity index (χ2v) is 17.0. The van der Waals surface area contributed by atoms with Crippen LogP contribution in [-0.4, -0.2) is 49.9 Å². The van der Waals surface area contributed by atoms with Crippen LogP contribution in [0.4, 0.5) is 0 Å². The lowest BCUT2D eigenvalue weighted by Gasteiger charge is -2.20. The topological polar surface area (TPSA) is 117 Å². The average Bonchev–Trinajstić information content (AvgIpc) is 3.21. The van der Waals surface area contributed by atoms with Crippen molar-refractivity contribution in [2.45, 2.75) is 213 Å². The van der Waals surface area contributed by atoms with Crippen LogP contribution in [0.3, 0.4) is 0 Å². The number of phosphoric ester groups is 1. The van der Waals surface area contributed by atoms with E-state index in [1.54, 1.807) is 0 Å². The minimum Gasteiger partial charge on any atom is -0.457 e. The van der Waals surface area contributed by atoms with Crippen molar-refractivity contribution in [2.24, 2.45) is 5.73 Å². The van der Waals surface area contributed by atoms with Crippen LogP contribution in [0.5, 0.6) is 0 Å². The lowest BCUT2D eigenvalue weighted by atomic mass is 10.0. The van der Waals surface area contributed by atoms with E-state index in [0.29, 0.717) is 13.0 Å². The number of carbonyl (C=O) groups is 1. The van der Waals surface area contributed by atoms with Gasteiger partial charge in [0.25, 0.3) is 0 Å². The molecule has 338 valence electrons. The molecule has 0 fully saturated rings. The highest BCUT2D eigenvalue weighted by Crippen LogP contribution is 2.43. The van der Waals surface area contributed by atoms with Gasteiger partial charge in [-0.2, -0.15) is 0 Å². The summed E-state index contributed by atoms with van der Waals surface area (Å²) in [7, 11) is -4.28. The van der Waals surface area contributed by atoms with Crippen LogP contribution < -0.4 is 5.73 Å². The quantitative estimate of drug-likeness (QED) is 0.0269. The largest absolute Gasteiger partial charge is 0.472 e. The van der Waals surface area contributed by atoms with Crippen molar-refractivity contribution in [2.75, 3.05) is 33.0 Å². The molecule has 0 saturated heterocycles. The summed E-state index contributed by atoms with van der Waals surface area (Å²) in [5, 5.41) is 0. The second-order valence-electron chi connectivity index (χ2n) is 15.6. The summed E-state index contributed by atoms with van der Waals surface area (Å²) in [4.78, 5) is 22.5. The number of esters is 1. The van der Waals surface area contributed by atoms with Gasteiger partial charge in [0.05, 0.1) is 19.8 Å². The lowest BCUT2D eigenvalue weighted by molar-refractivity contribution is -0.154. The molecule has 0 saturated carbocycles. The Morgan fingerprint density at radius 3 is 1.47 bits per heavy atom. The van der Waals surface area contributed by atoms with Crippen LogP contribution in [0.15, 0.2) is 60.8 Å². The molecule has 2 unspecified atom stereocenters. The standard InChI is InChI=1S/C49H90NO7P/c1-3-5-7-9-11-13-15-17-19-21-22-23-24-25-26-27-28-30-32-34-36-38-40-42-49(51)57-48(47-56-58(52,53)55-45-43-50)46-54-44-41-39-37-35-33-31-29-20-18-16-14-12-10-8-6-4-2/h5,7,11,13,17-20,22-23,48H,3-4,6,8-10,12,14-16,21,24-47,50H2,1-2H3,(H,52,53)/b7-5-,13-11-,19-17-,20-18-,23-22-. The summed E-state index contributed by atoms with van der Waals surface area (Å²) in [5.74, 6) is -0.338. The fourth-order valence-corrected chi connectivity index (χ4v) is 7.22. The number of ether oxygens (including phenoxy) is 2. The Morgan fingerprint density at radius 1 is 0.534 bits per heavy atom. The molecule has 2 atom stereocenters. The van der Waals surface area contributed by atoms with Gasteiger partial charge in [0.2, 0.25) is 0 Å². The summed E-state index contributed by atoms with van der Waals surface area (Å²) in [6.07, 6.45) is 56.7. The average molecular weight is 836 g/mol. The molecule has 58 heavy (non-hydrogen) atoms. The second kappa shape index (κ2) is 46.3. The van der Waals surface area contributed by atoms with Gasteiger partial charge in [-0.1, -0.05) is 184 Å². The molecule has 0 aliphatic rings. The molecular formula is C49H90NO7P. The lowest BCUT2D eigenvalue weighted by Crippen LogP contribution is -2.28. The zero-order chi connectivity index (χ0) is 42.3. The molecular weight excluding hydrogens is 746 g/mol. The molecule has 3 N–H and O–H groups in total. The van der Waals surface area contributed by atoms with Gasteiger partial charge in [-0.25, -0.2) is 4.57 Å².